The molecule has 2 nitrogen and oxygen atoms in total. The quantitative estimate of drug-likeness (QED) is 0.661. The first-order chi connectivity index (χ1) is 9.44. The van der Waals surface area contributed by atoms with Crippen LogP contribution in [0.1, 0.15) is 58.0 Å². The SMILES string of the molecule is [2H]C([2H])OC(C)(C)/C(C)=C(/C)C(C)(C)OC([2H])([2H])C([2H])([2H])[2H]. The van der Waals surface area contributed by atoms with Crippen molar-refractivity contribution in [3.63, 3.8) is 0 Å². The molecule has 90 valence electrons. The van der Waals surface area contributed by atoms with Crippen LogP contribution in [0.2, 0.25) is 0 Å². The molecule has 15 heavy (non-hydrogen) atoms. The average molecular weight is 221 g/mol. The molecular formula is C13H26O2. The van der Waals surface area contributed by atoms with Gasteiger partial charge >= 0.3 is 0 Å². The highest BCUT2D eigenvalue weighted by atomic mass is 16.5. The Morgan fingerprint density at radius 3 is 2.13 bits per heavy atom. The van der Waals surface area contributed by atoms with Crippen LogP contribution >= 0.6 is 0 Å². The molecule has 0 rings (SSSR count). The van der Waals surface area contributed by atoms with Crippen molar-refractivity contribution in [3.8, 4) is 0 Å². The lowest BCUT2D eigenvalue weighted by Gasteiger charge is -2.33. The molecule has 0 heterocycles. The fourth-order valence-corrected chi connectivity index (χ4v) is 1.20. The van der Waals surface area contributed by atoms with E-state index in [4.69, 9.17) is 19.1 Å². The summed E-state index contributed by atoms with van der Waals surface area (Å²) in [6.07, 6.45) is 0. The van der Waals surface area contributed by atoms with Crippen molar-refractivity contribution in [2.75, 3.05) is 13.6 Å². The van der Waals surface area contributed by atoms with Crippen LogP contribution < -0.4 is 0 Å². The summed E-state index contributed by atoms with van der Waals surface area (Å²) in [4.78, 5) is 0. The third kappa shape index (κ3) is 3.62. The molecule has 0 aromatic carbocycles. The van der Waals surface area contributed by atoms with Crippen molar-refractivity contribution in [1.82, 2.24) is 0 Å². The van der Waals surface area contributed by atoms with Gasteiger partial charge in [-0.3, -0.25) is 0 Å². The lowest BCUT2D eigenvalue weighted by molar-refractivity contribution is 0.0110. The smallest absolute Gasteiger partial charge is 0.0836 e. The highest BCUT2D eigenvalue weighted by Crippen LogP contribution is 2.30. The van der Waals surface area contributed by atoms with Crippen LogP contribution in [-0.2, 0) is 9.47 Å². The first-order valence-electron chi connectivity index (χ1n) is 8.50. The van der Waals surface area contributed by atoms with Crippen LogP contribution in [0, 0.1) is 0 Å². The molecule has 0 atom stereocenters. The molecule has 0 unspecified atom stereocenters. The molecule has 0 aromatic rings. The van der Waals surface area contributed by atoms with Gasteiger partial charge < -0.3 is 9.47 Å². The monoisotopic (exact) mass is 221 g/mol. The van der Waals surface area contributed by atoms with E-state index in [9.17, 15) is 0 Å². The number of hydrogen-bond acceptors (Lipinski definition) is 2. The zero-order chi connectivity index (χ0) is 18.1. The number of rotatable bonds is 5. The van der Waals surface area contributed by atoms with Gasteiger partial charge in [-0.05, 0) is 59.5 Å². The maximum absolute atomic E-state index is 7.60. The summed E-state index contributed by atoms with van der Waals surface area (Å²) in [6, 6.07) is 0. The number of methoxy groups -OCH3 is 1. The lowest BCUT2D eigenvalue weighted by Crippen LogP contribution is -2.32. The van der Waals surface area contributed by atoms with Crippen molar-refractivity contribution < 1.29 is 19.1 Å². The van der Waals surface area contributed by atoms with Gasteiger partial charge in [-0.15, -0.1) is 0 Å². The molecule has 0 aliphatic carbocycles. The first kappa shape index (κ1) is 6.41. The highest BCUT2D eigenvalue weighted by molar-refractivity contribution is 5.25. The van der Waals surface area contributed by atoms with Crippen LogP contribution in [-0.4, -0.2) is 24.8 Å². The molecule has 0 saturated heterocycles. The van der Waals surface area contributed by atoms with Crippen molar-refractivity contribution in [2.45, 2.75) is 59.6 Å². The van der Waals surface area contributed by atoms with Gasteiger partial charge in [-0.2, -0.15) is 0 Å². The zero-order valence-corrected chi connectivity index (χ0v) is 10.4. The second-order valence-corrected chi connectivity index (χ2v) is 4.59. The Morgan fingerprint density at radius 2 is 1.67 bits per heavy atom. The molecule has 0 bridgehead atoms. The fraction of sp³-hybridized carbons (Fsp3) is 0.846. The van der Waals surface area contributed by atoms with Gasteiger partial charge in [-0.1, -0.05) is 0 Å². The fourth-order valence-electron chi connectivity index (χ4n) is 1.20. The molecule has 2 heteroatoms. The second kappa shape index (κ2) is 5.13. The predicted octanol–water partition coefficient (Wildman–Crippen LogP) is 3.56. The van der Waals surface area contributed by atoms with E-state index >= 15 is 0 Å². The van der Waals surface area contributed by atoms with E-state index in [1.165, 1.54) is 0 Å². The number of ether oxygens (including phenoxy) is 2. The zero-order valence-electron chi connectivity index (χ0n) is 17.4. The minimum atomic E-state index is -2.90. The lowest BCUT2D eigenvalue weighted by atomic mass is 9.87. The van der Waals surface area contributed by atoms with Gasteiger partial charge in [0.1, 0.15) is 0 Å². The van der Waals surface area contributed by atoms with Crippen LogP contribution in [0.4, 0.5) is 0 Å². The normalized spacial score (nSPS) is 24.1. The second-order valence-electron chi connectivity index (χ2n) is 4.59. The molecule has 0 aliphatic rings. The summed E-state index contributed by atoms with van der Waals surface area (Å²) in [7, 11) is -1.46. The summed E-state index contributed by atoms with van der Waals surface area (Å²) in [6.45, 7) is 4.25. The van der Waals surface area contributed by atoms with Crippen molar-refractivity contribution in [1.29, 1.82) is 0 Å². The highest BCUT2D eigenvalue weighted by Gasteiger charge is 2.28. The minimum Gasteiger partial charge on any atom is -0.374 e. The minimum absolute atomic E-state index is 0.589. The summed E-state index contributed by atoms with van der Waals surface area (Å²) in [5, 5.41) is 0. The van der Waals surface area contributed by atoms with Crippen LogP contribution in [0.3, 0.4) is 0 Å². The standard InChI is InChI=1S/C13H26O2/c1-9-15-13(6,7)11(3)10(2)12(4,5)14-8/h9H2,1-8H3/b11-10-/i1D3,8D2,9D2. The molecule has 0 aromatic heterocycles. The van der Waals surface area contributed by atoms with Gasteiger partial charge in [0.2, 0.25) is 0 Å². The Kier molecular flexibility index (Phi) is 2.19. The Labute approximate surface area is 104 Å². The molecule has 0 fully saturated rings. The summed E-state index contributed by atoms with van der Waals surface area (Å²) in [5.41, 5.74) is -0.872. The van der Waals surface area contributed by atoms with Gasteiger partial charge in [0, 0.05) is 17.7 Å². The molecule has 0 saturated carbocycles. The molecule has 0 amide bonds. The summed E-state index contributed by atoms with van der Waals surface area (Å²) >= 11 is 0. The molecule has 0 N–H and O–H groups in total. The van der Waals surface area contributed by atoms with Gasteiger partial charge in [0.15, 0.2) is 0 Å². The number of hydrogen-bond donors (Lipinski definition) is 0. The Balaban J connectivity index is 5.57. The van der Waals surface area contributed by atoms with E-state index < -0.39 is 31.7 Å². The third-order valence-electron chi connectivity index (χ3n) is 2.97. The van der Waals surface area contributed by atoms with Crippen molar-refractivity contribution >= 4 is 0 Å². The topological polar surface area (TPSA) is 18.5 Å². The average Bonchev–Trinajstić information content (AvgIpc) is 2.21. The van der Waals surface area contributed by atoms with Crippen LogP contribution in [0.15, 0.2) is 11.1 Å². The Bertz CT molecular complexity index is 423. The first-order valence-corrected chi connectivity index (χ1v) is 4.85. The molecule has 0 spiro atoms. The van der Waals surface area contributed by atoms with E-state index in [2.05, 4.69) is 0 Å². The van der Waals surface area contributed by atoms with Crippen molar-refractivity contribution in [3.05, 3.63) is 11.1 Å². The largest absolute Gasteiger partial charge is 0.374 e. The van der Waals surface area contributed by atoms with E-state index in [1.807, 2.05) is 0 Å². The maximum atomic E-state index is 7.60. The predicted molar refractivity (Wildman–Crippen MR) is 65.2 cm³/mol. The van der Waals surface area contributed by atoms with Gasteiger partial charge in [-0.25, -0.2) is 0 Å². The van der Waals surface area contributed by atoms with E-state index in [-0.39, 0.29) is 0 Å². The van der Waals surface area contributed by atoms with E-state index in [0.717, 1.165) is 0 Å². The summed E-state index contributed by atoms with van der Waals surface area (Å²) in [5.74, 6) is 0. The van der Waals surface area contributed by atoms with Crippen LogP contribution in [0.25, 0.3) is 0 Å². The van der Waals surface area contributed by atoms with E-state index in [0.29, 0.717) is 11.1 Å². The van der Waals surface area contributed by atoms with Crippen LogP contribution in [0.5, 0.6) is 0 Å². The van der Waals surface area contributed by atoms with E-state index in [1.54, 1.807) is 41.5 Å². The van der Waals surface area contributed by atoms with Gasteiger partial charge in [0.05, 0.1) is 16.7 Å². The van der Waals surface area contributed by atoms with Gasteiger partial charge in [0.25, 0.3) is 0 Å². The maximum Gasteiger partial charge on any atom is 0.0836 e. The van der Waals surface area contributed by atoms with Crippen molar-refractivity contribution in [2.24, 2.45) is 0 Å². The summed E-state index contributed by atoms with van der Waals surface area (Å²) < 4.78 is 61.7. The molecule has 0 radical (unpaired) electrons. The molecule has 0 aliphatic heterocycles. The Morgan fingerprint density at radius 1 is 1.13 bits per heavy atom. The third-order valence-corrected chi connectivity index (χ3v) is 2.97. The molecular weight excluding hydrogens is 188 g/mol. The Hall–Kier alpha value is -0.340.